The smallest absolute Gasteiger partial charge is 0.322 e. The van der Waals surface area contributed by atoms with Crippen molar-refractivity contribution >= 4 is 15.2 Å². The zero-order chi connectivity index (χ0) is 12.6. The lowest BCUT2D eigenvalue weighted by atomic mass is 10.3. The quantitative estimate of drug-likeness (QED) is 0.460. The highest BCUT2D eigenvalue weighted by atomic mass is 31.2. The van der Waals surface area contributed by atoms with Gasteiger partial charge in [0.15, 0.2) is 0 Å². The van der Waals surface area contributed by atoms with Gasteiger partial charge in [0.25, 0.3) is 0 Å². The Bertz CT molecular complexity index is 443. The summed E-state index contributed by atoms with van der Waals surface area (Å²) >= 11 is 0. The van der Waals surface area contributed by atoms with Gasteiger partial charge in [0.05, 0.1) is 0 Å². The highest BCUT2D eigenvalue weighted by Crippen LogP contribution is 2.70. The highest BCUT2D eigenvalue weighted by molar-refractivity contribution is 7.71. The highest BCUT2D eigenvalue weighted by Gasteiger charge is 2.59. The molecule has 0 amide bonds. The first kappa shape index (κ1) is 13.5. The second kappa shape index (κ2) is 4.01. The maximum atomic E-state index is 11.1. The molecule has 10 heteroatoms. The third-order valence-corrected chi connectivity index (χ3v) is 5.83. The summed E-state index contributed by atoms with van der Waals surface area (Å²) in [5.41, 5.74) is 4.79. The van der Waals surface area contributed by atoms with Crippen molar-refractivity contribution in [2.45, 2.75) is 5.02 Å². The molecule has 0 aliphatic heterocycles. The molecular formula is C6H10N2O6P2. The first-order chi connectivity index (χ1) is 7.11. The van der Waals surface area contributed by atoms with Gasteiger partial charge in [0.1, 0.15) is 0 Å². The molecule has 0 unspecified atom stereocenters. The van der Waals surface area contributed by atoms with E-state index in [4.69, 9.17) is 25.3 Å². The van der Waals surface area contributed by atoms with Gasteiger partial charge in [-0.05, 0) is 6.07 Å². The summed E-state index contributed by atoms with van der Waals surface area (Å²) in [4.78, 5) is 39.5. The molecule has 1 aromatic heterocycles. The van der Waals surface area contributed by atoms with Crippen molar-refractivity contribution in [3.05, 3.63) is 30.1 Å². The van der Waals surface area contributed by atoms with Crippen molar-refractivity contribution in [2.24, 2.45) is 5.73 Å². The molecule has 0 spiro atoms. The predicted molar refractivity (Wildman–Crippen MR) is 54.2 cm³/mol. The monoisotopic (exact) mass is 268 g/mol. The minimum atomic E-state index is -5.26. The van der Waals surface area contributed by atoms with Crippen LogP contribution in [-0.2, 0) is 14.2 Å². The van der Waals surface area contributed by atoms with E-state index in [0.717, 1.165) is 12.3 Å². The summed E-state index contributed by atoms with van der Waals surface area (Å²) in [6.07, 6.45) is 2.18. The van der Waals surface area contributed by atoms with Gasteiger partial charge in [0, 0.05) is 18.0 Å². The van der Waals surface area contributed by atoms with Crippen LogP contribution in [0, 0.1) is 0 Å². The molecular weight excluding hydrogens is 258 g/mol. The Morgan fingerprint density at radius 3 is 2.00 bits per heavy atom. The van der Waals surface area contributed by atoms with Crippen molar-refractivity contribution in [1.29, 1.82) is 0 Å². The van der Waals surface area contributed by atoms with Gasteiger partial charge in [-0.25, -0.2) is 0 Å². The molecule has 6 N–H and O–H groups in total. The Labute approximate surface area is 90.5 Å². The van der Waals surface area contributed by atoms with Crippen molar-refractivity contribution in [3.63, 3.8) is 0 Å². The van der Waals surface area contributed by atoms with E-state index in [1.807, 2.05) is 0 Å². The maximum Gasteiger partial charge on any atom is 0.362 e. The Balaban J connectivity index is 3.52. The summed E-state index contributed by atoms with van der Waals surface area (Å²) in [6, 6.07) is 2.35. The SMILES string of the molecule is NC(c1cccnc1)(P(=O)(O)O)P(=O)(O)O. The maximum absolute atomic E-state index is 11.1. The number of aromatic nitrogens is 1. The average Bonchev–Trinajstić information content (AvgIpc) is 2.14. The third kappa shape index (κ3) is 2.09. The van der Waals surface area contributed by atoms with Gasteiger partial charge in [-0.15, -0.1) is 0 Å². The summed E-state index contributed by atoms with van der Waals surface area (Å²) in [5.74, 6) is 0. The van der Waals surface area contributed by atoms with Crippen molar-refractivity contribution < 1.29 is 28.7 Å². The molecule has 0 saturated carbocycles. The number of pyridine rings is 1. The molecule has 0 saturated heterocycles. The summed E-state index contributed by atoms with van der Waals surface area (Å²) < 4.78 is 22.3. The lowest BCUT2D eigenvalue weighted by molar-refractivity contribution is 0.310. The van der Waals surface area contributed by atoms with E-state index in [-0.39, 0.29) is 0 Å². The Hall–Kier alpha value is -0.590. The van der Waals surface area contributed by atoms with E-state index in [2.05, 4.69) is 4.98 Å². The van der Waals surface area contributed by atoms with Gasteiger partial charge < -0.3 is 25.3 Å². The zero-order valence-electron chi connectivity index (χ0n) is 7.83. The molecule has 0 atom stereocenters. The Morgan fingerprint density at radius 1 is 1.19 bits per heavy atom. The first-order valence-corrected chi connectivity index (χ1v) is 7.14. The van der Waals surface area contributed by atoms with Crippen LogP contribution in [0.15, 0.2) is 24.5 Å². The molecule has 0 aliphatic rings. The van der Waals surface area contributed by atoms with Crippen LogP contribution in [0.25, 0.3) is 0 Å². The number of hydrogen-bond acceptors (Lipinski definition) is 4. The minimum absolute atomic E-state index is 0.420. The standard InChI is InChI=1S/C6H10N2O6P2/c7-6(15(9,10)11,16(12,13)14)5-2-1-3-8-4-5/h1-4H,7H2,(H2,9,10,11)(H2,12,13,14). The van der Waals surface area contributed by atoms with Crippen LogP contribution in [0.3, 0.4) is 0 Å². The molecule has 90 valence electrons. The molecule has 0 bridgehead atoms. The molecule has 0 aromatic carbocycles. The van der Waals surface area contributed by atoms with Crippen LogP contribution in [0.1, 0.15) is 5.56 Å². The summed E-state index contributed by atoms with van der Waals surface area (Å²) in [5, 5.41) is -3.06. The van der Waals surface area contributed by atoms with Crippen molar-refractivity contribution in [1.82, 2.24) is 4.98 Å². The fraction of sp³-hybridized carbons (Fsp3) is 0.167. The van der Waals surface area contributed by atoms with E-state index >= 15 is 0 Å². The van der Waals surface area contributed by atoms with Gasteiger partial charge >= 0.3 is 15.2 Å². The average molecular weight is 268 g/mol. The van der Waals surface area contributed by atoms with Gasteiger partial charge in [-0.3, -0.25) is 14.1 Å². The van der Waals surface area contributed by atoms with Crippen LogP contribution < -0.4 is 5.73 Å². The Kier molecular flexibility index (Phi) is 3.38. The molecule has 0 fully saturated rings. The lowest BCUT2D eigenvalue weighted by Gasteiger charge is -2.30. The molecule has 0 aliphatic carbocycles. The molecule has 1 heterocycles. The fourth-order valence-corrected chi connectivity index (χ4v) is 3.38. The van der Waals surface area contributed by atoms with E-state index in [0.29, 0.717) is 0 Å². The third-order valence-electron chi connectivity index (χ3n) is 1.97. The molecule has 1 rings (SSSR count). The number of rotatable bonds is 3. The van der Waals surface area contributed by atoms with Crippen LogP contribution in [0.2, 0.25) is 0 Å². The van der Waals surface area contributed by atoms with E-state index in [1.54, 1.807) is 0 Å². The first-order valence-electron chi connectivity index (χ1n) is 3.91. The van der Waals surface area contributed by atoms with Gasteiger partial charge in [-0.1, -0.05) is 6.07 Å². The lowest BCUT2D eigenvalue weighted by Crippen LogP contribution is -2.36. The van der Waals surface area contributed by atoms with Crippen molar-refractivity contribution in [3.8, 4) is 0 Å². The molecule has 0 radical (unpaired) electrons. The van der Waals surface area contributed by atoms with Crippen LogP contribution in [-0.4, -0.2) is 24.6 Å². The van der Waals surface area contributed by atoms with E-state index in [1.165, 1.54) is 12.3 Å². The zero-order valence-corrected chi connectivity index (χ0v) is 9.62. The topological polar surface area (TPSA) is 154 Å². The molecule has 1 aromatic rings. The van der Waals surface area contributed by atoms with Gasteiger partial charge in [-0.2, -0.15) is 0 Å². The molecule has 8 nitrogen and oxygen atoms in total. The predicted octanol–water partition coefficient (Wildman–Crippen LogP) is -0.494. The number of nitrogens with two attached hydrogens (primary N) is 1. The summed E-state index contributed by atoms with van der Waals surface area (Å²) in [6.45, 7) is 0. The van der Waals surface area contributed by atoms with E-state index in [9.17, 15) is 9.13 Å². The van der Waals surface area contributed by atoms with Crippen LogP contribution >= 0.6 is 15.2 Å². The number of hydrogen-bond donors (Lipinski definition) is 5. The second-order valence-corrected chi connectivity index (χ2v) is 7.00. The van der Waals surface area contributed by atoms with Gasteiger partial charge in [0.2, 0.25) is 5.02 Å². The summed E-state index contributed by atoms with van der Waals surface area (Å²) in [7, 11) is -10.5. The largest absolute Gasteiger partial charge is 0.362 e. The fourth-order valence-electron chi connectivity index (χ4n) is 1.09. The van der Waals surface area contributed by atoms with E-state index < -0.39 is 25.8 Å². The normalized spacial score (nSPS) is 13.8. The second-order valence-electron chi connectivity index (χ2n) is 3.06. The number of nitrogens with zero attached hydrogens (tertiary/aromatic N) is 1. The molecule has 16 heavy (non-hydrogen) atoms. The van der Waals surface area contributed by atoms with Crippen LogP contribution in [0.5, 0.6) is 0 Å². The van der Waals surface area contributed by atoms with Crippen molar-refractivity contribution in [2.75, 3.05) is 0 Å². The minimum Gasteiger partial charge on any atom is -0.322 e. The Morgan fingerprint density at radius 2 is 1.69 bits per heavy atom. The van der Waals surface area contributed by atoms with Crippen LogP contribution in [0.4, 0.5) is 0 Å².